The number of halogens is 2. The third kappa shape index (κ3) is 4.63. The number of benzene rings is 2. The van der Waals surface area contributed by atoms with Crippen LogP contribution in [0, 0.1) is 13.8 Å². The maximum atomic E-state index is 12.4. The number of amides is 1. The van der Waals surface area contributed by atoms with Gasteiger partial charge in [-0.1, -0.05) is 35.3 Å². The lowest BCUT2D eigenvalue weighted by atomic mass is 10.0. The maximum absolute atomic E-state index is 12.4. The van der Waals surface area contributed by atoms with Crippen LogP contribution in [0.5, 0.6) is 0 Å². The molecule has 0 fully saturated rings. The minimum Gasteiger partial charge on any atom is -0.294 e. The van der Waals surface area contributed by atoms with Crippen LogP contribution < -0.4 is 5.32 Å². The van der Waals surface area contributed by atoms with E-state index < -0.39 is 0 Å². The van der Waals surface area contributed by atoms with E-state index in [1.54, 1.807) is 28.8 Å². The zero-order chi connectivity index (χ0) is 22.1. The van der Waals surface area contributed by atoms with E-state index >= 15 is 0 Å². The second kappa shape index (κ2) is 8.78. The standard InChI is InChI=1S/C22H18Cl2N4O2S/c1-12-3-4-14(9-13(12)2)19(29)7-8-20(30)25-21-26-22-28(27-21)18(11-31-22)16-10-15(23)5-6-17(16)24/h3-6,9-11H,7-8H2,1-2H3,(H,25,27,30). The van der Waals surface area contributed by atoms with Gasteiger partial charge in [0.15, 0.2) is 5.78 Å². The summed E-state index contributed by atoms with van der Waals surface area (Å²) in [6.07, 6.45) is 0.158. The largest absolute Gasteiger partial charge is 0.294 e. The maximum Gasteiger partial charge on any atom is 0.250 e. The first-order chi connectivity index (χ1) is 14.8. The molecule has 9 heteroatoms. The van der Waals surface area contributed by atoms with Gasteiger partial charge in [-0.25, -0.2) is 4.52 Å². The Balaban J connectivity index is 1.44. The highest BCUT2D eigenvalue weighted by atomic mass is 35.5. The Kier molecular flexibility index (Phi) is 6.09. The molecule has 158 valence electrons. The summed E-state index contributed by atoms with van der Waals surface area (Å²) in [5.74, 6) is -0.220. The summed E-state index contributed by atoms with van der Waals surface area (Å²) in [6, 6.07) is 10.7. The van der Waals surface area contributed by atoms with Gasteiger partial charge in [0.25, 0.3) is 0 Å². The lowest BCUT2D eigenvalue weighted by Gasteiger charge is -2.05. The van der Waals surface area contributed by atoms with Crippen LogP contribution in [0.1, 0.15) is 34.3 Å². The molecule has 0 unspecified atom stereocenters. The van der Waals surface area contributed by atoms with Gasteiger partial charge in [0.2, 0.25) is 16.8 Å². The van der Waals surface area contributed by atoms with Gasteiger partial charge in [-0.15, -0.1) is 16.4 Å². The van der Waals surface area contributed by atoms with Crippen molar-refractivity contribution in [2.45, 2.75) is 26.7 Å². The summed E-state index contributed by atoms with van der Waals surface area (Å²) in [5, 5.41) is 10.00. The number of ketones is 1. The van der Waals surface area contributed by atoms with Crippen LogP contribution >= 0.6 is 34.5 Å². The summed E-state index contributed by atoms with van der Waals surface area (Å²) in [6.45, 7) is 3.95. The highest BCUT2D eigenvalue weighted by Crippen LogP contribution is 2.33. The van der Waals surface area contributed by atoms with Crippen LogP contribution in [0.25, 0.3) is 16.2 Å². The summed E-state index contributed by atoms with van der Waals surface area (Å²) < 4.78 is 1.61. The number of Topliss-reactive ketones (excluding diaryl/α,β-unsaturated/α-hetero) is 1. The van der Waals surface area contributed by atoms with E-state index in [-0.39, 0.29) is 30.5 Å². The number of hydrogen-bond donors (Lipinski definition) is 1. The lowest BCUT2D eigenvalue weighted by molar-refractivity contribution is -0.116. The van der Waals surface area contributed by atoms with Crippen molar-refractivity contribution in [3.8, 4) is 11.3 Å². The van der Waals surface area contributed by atoms with Gasteiger partial charge < -0.3 is 0 Å². The third-order valence-electron chi connectivity index (χ3n) is 4.95. The monoisotopic (exact) mass is 472 g/mol. The molecule has 2 aromatic carbocycles. The Bertz CT molecular complexity index is 1310. The van der Waals surface area contributed by atoms with Gasteiger partial charge >= 0.3 is 0 Å². The molecule has 0 saturated heterocycles. The van der Waals surface area contributed by atoms with Gasteiger partial charge in [-0.3, -0.25) is 14.9 Å². The van der Waals surface area contributed by atoms with Crippen LogP contribution in [0.2, 0.25) is 10.0 Å². The number of rotatable bonds is 6. The molecule has 2 aromatic heterocycles. The fraction of sp³-hybridized carbons (Fsp3) is 0.182. The summed E-state index contributed by atoms with van der Waals surface area (Å²) in [7, 11) is 0. The van der Waals surface area contributed by atoms with E-state index in [1.165, 1.54) is 11.3 Å². The minimum atomic E-state index is -0.322. The van der Waals surface area contributed by atoms with E-state index in [4.69, 9.17) is 23.2 Å². The fourth-order valence-electron chi connectivity index (χ4n) is 3.09. The Morgan fingerprint density at radius 2 is 1.87 bits per heavy atom. The van der Waals surface area contributed by atoms with Gasteiger partial charge in [-0.05, 0) is 49.2 Å². The third-order valence-corrected chi connectivity index (χ3v) is 6.33. The smallest absolute Gasteiger partial charge is 0.250 e. The molecule has 0 radical (unpaired) electrons. The molecule has 2 heterocycles. The molecule has 1 amide bonds. The summed E-state index contributed by atoms with van der Waals surface area (Å²) >= 11 is 13.8. The predicted molar refractivity (Wildman–Crippen MR) is 124 cm³/mol. The zero-order valence-electron chi connectivity index (χ0n) is 16.8. The second-order valence-corrected chi connectivity index (χ2v) is 8.83. The first kappa shape index (κ1) is 21.5. The van der Waals surface area contributed by atoms with Crippen LogP contribution in [0.3, 0.4) is 0 Å². The number of fused-ring (bicyclic) bond motifs is 1. The van der Waals surface area contributed by atoms with Gasteiger partial charge in [0, 0.05) is 34.4 Å². The van der Waals surface area contributed by atoms with Crippen molar-refractivity contribution in [2.24, 2.45) is 0 Å². The van der Waals surface area contributed by atoms with Crippen molar-refractivity contribution in [3.63, 3.8) is 0 Å². The first-order valence-electron chi connectivity index (χ1n) is 9.52. The first-order valence-corrected chi connectivity index (χ1v) is 11.2. The molecule has 0 spiro atoms. The molecule has 0 aliphatic heterocycles. The van der Waals surface area contributed by atoms with Crippen molar-refractivity contribution >= 4 is 57.1 Å². The van der Waals surface area contributed by atoms with Crippen molar-refractivity contribution < 1.29 is 9.59 Å². The van der Waals surface area contributed by atoms with Crippen LogP contribution in [0.4, 0.5) is 5.95 Å². The number of thiazole rings is 1. The number of nitrogens with one attached hydrogen (secondary N) is 1. The molecule has 6 nitrogen and oxygen atoms in total. The molecule has 4 rings (SSSR count). The average Bonchev–Trinajstić information content (AvgIpc) is 3.30. The number of aryl methyl sites for hydroxylation is 2. The van der Waals surface area contributed by atoms with E-state index in [0.29, 0.717) is 20.6 Å². The molecule has 4 aromatic rings. The van der Waals surface area contributed by atoms with Crippen LogP contribution in [0.15, 0.2) is 41.8 Å². The molecule has 0 atom stereocenters. The quantitative estimate of drug-likeness (QED) is 0.350. The molecule has 0 saturated carbocycles. The van der Waals surface area contributed by atoms with Crippen molar-refractivity contribution in [2.75, 3.05) is 5.32 Å². The molecule has 1 N–H and O–H groups in total. The Morgan fingerprint density at radius 3 is 2.65 bits per heavy atom. The Labute approximate surface area is 192 Å². The van der Waals surface area contributed by atoms with Crippen molar-refractivity contribution in [1.82, 2.24) is 14.6 Å². The molecule has 0 aliphatic carbocycles. The highest BCUT2D eigenvalue weighted by Gasteiger charge is 2.16. The van der Waals surface area contributed by atoms with Gasteiger partial charge in [-0.2, -0.15) is 4.98 Å². The fourth-order valence-corrected chi connectivity index (χ4v) is 4.30. The van der Waals surface area contributed by atoms with Gasteiger partial charge in [0.1, 0.15) is 0 Å². The number of carbonyl (C=O) groups is 2. The highest BCUT2D eigenvalue weighted by molar-refractivity contribution is 7.15. The number of aromatic nitrogens is 3. The molecular formula is C22H18Cl2N4O2S. The Morgan fingerprint density at radius 1 is 1.06 bits per heavy atom. The molecule has 0 aliphatic rings. The molecular weight excluding hydrogens is 455 g/mol. The topological polar surface area (TPSA) is 76.4 Å². The van der Waals surface area contributed by atoms with E-state index in [0.717, 1.165) is 22.4 Å². The summed E-state index contributed by atoms with van der Waals surface area (Å²) in [5.41, 5.74) is 4.24. The van der Waals surface area contributed by atoms with Crippen LogP contribution in [-0.2, 0) is 4.79 Å². The van der Waals surface area contributed by atoms with E-state index in [1.807, 2.05) is 31.4 Å². The van der Waals surface area contributed by atoms with Crippen molar-refractivity contribution in [3.05, 3.63) is 68.5 Å². The Hall–Kier alpha value is -2.74. The van der Waals surface area contributed by atoms with Crippen LogP contribution in [-0.4, -0.2) is 26.3 Å². The number of hydrogen-bond acceptors (Lipinski definition) is 5. The zero-order valence-corrected chi connectivity index (χ0v) is 19.1. The molecule has 31 heavy (non-hydrogen) atoms. The van der Waals surface area contributed by atoms with E-state index in [2.05, 4.69) is 15.4 Å². The number of carbonyl (C=O) groups excluding carboxylic acids is 2. The van der Waals surface area contributed by atoms with Crippen molar-refractivity contribution in [1.29, 1.82) is 0 Å². The predicted octanol–water partition coefficient (Wildman–Crippen LogP) is 5.98. The normalized spacial score (nSPS) is 11.1. The lowest BCUT2D eigenvalue weighted by Crippen LogP contribution is -2.14. The second-order valence-electron chi connectivity index (χ2n) is 7.15. The SMILES string of the molecule is Cc1ccc(C(=O)CCC(=O)Nc2nc3scc(-c4cc(Cl)ccc4Cl)n3n2)cc1C. The number of nitrogens with zero attached hydrogens (tertiary/aromatic N) is 3. The molecule has 0 bridgehead atoms. The summed E-state index contributed by atoms with van der Waals surface area (Å²) in [4.78, 5) is 29.7. The minimum absolute atomic E-state index is 0.0472. The number of anilines is 1. The average molecular weight is 473 g/mol. The van der Waals surface area contributed by atoms with E-state index in [9.17, 15) is 9.59 Å². The van der Waals surface area contributed by atoms with Gasteiger partial charge in [0.05, 0.1) is 10.7 Å².